The first-order chi connectivity index (χ1) is 10.8. The van der Waals surface area contributed by atoms with Gasteiger partial charge in [0.1, 0.15) is 0 Å². The van der Waals surface area contributed by atoms with E-state index in [4.69, 9.17) is 0 Å². The van der Waals surface area contributed by atoms with Crippen LogP contribution in [-0.4, -0.2) is 0 Å². The van der Waals surface area contributed by atoms with E-state index in [1.165, 1.54) is 22.3 Å². The lowest BCUT2D eigenvalue weighted by Crippen LogP contribution is -1.86. The maximum absolute atomic E-state index is 2.34. The number of benzene rings is 2. The molecule has 0 fully saturated rings. The number of rotatable bonds is 6. The molecule has 0 heteroatoms. The molecule has 22 heavy (non-hydrogen) atoms. The van der Waals surface area contributed by atoms with Gasteiger partial charge < -0.3 is 0 Å². The first-order valence-electron chi connectivity index (χ1n) is 7.87. The molecule has 112 valence electrons. The lowest BCUT2D eigenvalue weighted by molar-refractivity contribution is 1.19. The van der Waals surface area contributed by atoms with Crippen molar-refractivity contribution in [2.24, 2.45) is 0 Å². The fourth-order valence-electron chi connectivity index (χ4n) is 2.38. The summed E-state index contributed by atoms with van der Waals surface area (Å²) in [6.07, 6.45) is 10.9. The van der Waals surface area contributed by atoms with Crippen molar-refractivity contribution in [3.63, 3.8) is 0 Å². The second kappa shape index (κ2) is 8.84. The summed E-state index contributed by atoms with van der Waals surface area (Å²) in [5.41, 5.74) is 5.31. The Balaban J connectivity index is 2.18. The summed E-state index contributed by atoms with van der Waals surface area (Å²) in [5.74, 6) is 0. The molecule has 0 heterocycles. The largest absolute Gasteiger partial charge is 0.0913 e. The van der Waals surface area contributed by atoms with E-state index in [2.05, 4.69) is 98.8 Å². The third-order valence-electron chi connectivity index (χ3n) is 3.66. The fourth-order valence-corrected chi connectivity index (χ4v) is 2.38. The number of hydrogen-bond acceptors (Lipinski definition) is 0. The molecule has 0 nitrogen and oxygen atoms in total. The Labute approximate surface area is 134 Å². The van der Waals surface area contributed by atoms with Gasteiger partial charge in [-0.25, -0.2) is 0 Å². The quantitative estimate of drug-likeness (QED) is 0.437. The van der Waals surface area contributed by atoms with Crippen LogP contribution in [0.25, 0.3) is 5.57 Å². The Morgan fingerprint density at radius 3 is 2.18 bits per heavy atom. The zero-order valence-corrected chi connectivity index (χ0v) is 13.5. The monoisotopic (exact) mass is 288 g/mol. The summed E-state index contributed by atoms with van der Waals surface area (Å²) in [6.45, 7) is 4.25. The highest BCUT2D eigenvalue weighted by molar-refractivity contribution is 5.66. The lowest BCUT2D eigenvalue weighted by atomic mass is 10.0. The molecule has 2 rings (SSSR count). The number of hydrogen-bond donors (Lipinski definition) is 0. The van der Waals surface area contributed by atoms with Gasteiger partial charge in [-0.1, -0.05) is 85.0 Å². The molecule has 0 amide bonds. The van der Waals surface area contributed by atoms with Crippen molar-refractivity contribution in [2.75, 3.05) is 0 Å². The van der Waals surface area contributed by atoms with Crippen molar-refractivity contribution in [3.8, 4) is 0 Å². The predicted molar refractivity (Wildman–Crippen MR) is 97.8 cm³/mol. The van der Waals surface area contributed by atoms with E-state index in [9.17, 15) is 0 Å². The van der Waals surface area contributed by atoms with E-state index < -0.39 is 0 Å². The Hall–Kier alpha value is -2.34. The Morgan fingerprint density at radius 1 is 0.909 bits per heavy atom. The molecule has 0 aliphatic rings. The molecule has 0 aliphatic heterocycles. The van der Waals surface area contributed by atoms with Crippen LogP contribution in [0.2, 0.25) is 0 Å². The van der Waals surface area contributed by atoms with Crippen LogP contribution in [-0.2, 0) is 6.42 Å². The van der Waals surface area contributed by atoms with Gasteiger partial charge in [0, 0.05) is 0 Å². The molecule has 0 saturated carbocycles. The topological polar surface area (TPSA) is 0 Å². The molecule has 0 aliphatic carbocycles. The highest BCUT2D eigenvalue weighted by Gasteiger charge is 1.97. The van der Waals surface area contributed by atoms with Crippen LogP contribution in [0.4, 0.5) is 0 Å². The van der Waals surface area contributed by atoms with Gasteiger partial charge >= 0.3 is 0 Å². The first-order valence-corrected chi connectivity index (χ1v) is 7.87. The highest BCUT2D eigenvalue weighted by atomic mass is 14.0. The van der Waals surface area contributed by atoms with E-state index in [0.717, 1.165) is 12.8 Å². The second-order valence-corrected chi connectivity index (χ2v) is 5.44. The zero-order valence-electron chi connectivity index (χ0n) is 13.5. The fraction of sp³-hybridized carbons (Fsp3) is 0.182. The smallest absolute Gasteiger partial charge is 0.00915 e. The van der Waals surface area contributed by atoms with Gasteiger partial charge in [-0.05, 0) is 49.0 Å². The Kier molecular flexibility index (Phi) is 6.44. The Bertz CT molecular complexity index is 643. The average molecular weight is 288 g/mol. The average Bonchev–Trinajstić information content (AvgIpc) is 2.59. The minimum atomic E-state index is 0.978. The first kappa shape index (κ1) is 16.0. The summed E-state index contributed by atoms with van der Waals surface area (Å²) < 4.78 is 0. The lowest BCUT2D eigenvalue weighted by Gasteiger charge is -2.05. The van der Waals surface area contributed by atoms with Gasteiger partial charge in [0.05, 0.1) is 0 Å². The molecule has 0 radical (unpaired) electrons. The minimum Gasteiger partial charge on any atom is -0.0913 e. The van der Waals surface area contributed by atoms with Gasteiger partial charge in [-0.3, -0.25) is 0 Å². The maximum atomic E-state index is 2.34. The number of allylic oxidation sites excluding steroid dienone is 6. The Morgan fingerprint density at radius 2 is 1.55 bits per heavy atom. The normalized spacial score (nSPS) is 12.8. The van der Waals surface area contributed by atoms with Gasteiger partial charge in [0.25, 0.3) is 0 Å². The standard InChI is InChI=1S/C22H24/c1-3-4-11-21(17-16-20-12-7-5-8-13-20)18-19(2)22-14-9-6-10-15-22/h3-10,12-15,17-18H,11,16H2,1-2H3/b4-3-,19-18+,21-17-. The third-order valence-corrected chi connectivity index (χ3v) is 3.66. The third kappa shape index (κ3) is 5.21. The van der Waals surface area contributed by atoms with Crippen molar-refractivity contribution in [1.82, 2.24) is 0 Å². The van der Waals surface area contributed by atoms with Gasteiger partial charge in [-0.15, -0.1) is 0 Å². The summed E-state index contributed by atoms with van der Waals surface area (Å²) in [4.78, 5) is 0. The molecule has 0 bridgehead atoms. The molecule has 0 saturated heterocycles. The van der Waals surface area contributed by atoms with Gasteiger partial charge in [-0.2, -0.15) is 0 Å². The van der Waals surface area contributed by atoms with E-state index in [1.54, 1.807) is 0 Å². The molecular weight excluding hydrogens is 264 g/mol. The SMILES string of the molecule is C/C=C\CC(=C/Cc1ccccc1)/C=C(\C)c1ccccc1. The van der Waals surface area contributed by atoms with Crippen molar-refractivity contribution in [3.05, 3.63) is 102 Å². The van der Waals surface area contributed by atoms with Crippen LogP contribution in [0.3, 0.4) is 0 Å². The van der Waals surface area contributed by atoms with Crippen molar-refractivity contribution >= 4 is 5.57 Å². The van der Waals surface area contributed by atoms with Gasteiger partial charge in [0.15, 0.2) is 0 Å². The summed E-state index contributed by atoms with van der Waals surface area (Å²) >= 11 is 0. The van der Waals surface area contributed by atoms with Crippen LogP contribution in [0, 0.1) is 0 Å². The van der Waals surface area contributed by atoms with Crippen LogP contribution >= 0.6 is 0 Å². The van der Waals surface area contributed by atoms with Crippen molar-refractivity contribution in [2.45, 2.75) is 26.7 Å². The predicted octanol–water partition coefficient (Wildman–Crippen LogP) is 6.23. The summed E-state index contributed by atoms with van der Waals surface area (Å²) in [5, 5.41) is 0. The van der Waals surface area contributed by atoms with Crippen LogP contribution in [0.15, 0.2) is 90.5 Å². The molecule has 2 aromatic carbocycles. The molecule has 2 aromatic rings. The molecular formula is C22H24. The van der Waals surface area contributed by atoms with Crippen molar-refractivity contribution < 1.29 is 0 Å². The second-order valence-electron chi connectivity index (χ2n) is 5.44. The molecule has 0 spiro atoms. The minimum absolute atomic E-state index is 0.978. The van der Waals surface area contributed by atoms with E-state index in [1.807, 2.05) is 0 Å². The van der Waals surface area contributed by atoms with E-state index in [0.29, 0.717) is 0 Å². The highest BCUT2D eigenvalue weighted by Crippen LogP contribution is 2.18. The zero-order chi connectivity index (χ0) is 15.6. The molecule has 0 aromatic heterocycles. The van der Waals surface area contributed by atoms with E-state index in [-0.39, 0.29) is 0 Å². The molecule has 0 N–H and O–H groups in total. The molecule has 0 unspecified atom stereocenters. The van der Waals surface area contributed by atoms with Crippen LogP contribution in [0.1, 0.15) is 31.4 Å². The van der Waals surface area contributed by atoms with E-state index >= 15 is 0 Å². The maximum Gasteiger partial charge on any atom is -0.00915 e. The molecule has 0 atom stereocenters. The van der Waals surface area contributed by atoms with Crippen LogP contribution < -0.4 is 0 Å². The van der Waals surface area contributed by atoms with Crippen LogP contribution in [0.5, 0.6) is 0 Å². The van der Waals surface area contributed by atoms with Gasteiger partial charge in [0.2, 0.25) is 0 Å². The summed E-state index contributed by atoms with van der Waals surface area (Å²) in [7, 11) is 0. The van der Waals surface area contributed by atoms with Crippen molar-refractivity contribution in [1.29, 1.82) is 0 Å². The summed E-state index contributed by atoms with van der Waals surface area (Å²) in [6, 6.07) is 21.2.